The van der Waals surface area contributed by atoms with Gasteiger partial charge in [0.1, 0.15) is 13.2 Å². The molecule has 0 bridgehead atoms. The van der Waals surface area contributed by atoms with Crippen LogP contribution in [0.25, 0.3) is 0 Å². The number of urea groups is 1. The van der Waals surface area contributed by atoms with Crippen LogP contribution in [-0.2, 0) is 16.1 Å². The Bertz CT molecular complexity index is 1600. The van der Waals surface area contributed by atoms with Gasteiger partial charge in [-0.05, 0) is 71.2 Å². The van der Waals surface area contributed by atoms with Gasteiger partial charge in [0.2, 0.25) is 0 Å². The molecule has 0 saturated heterocycles. The number of hydrazone groups is 1. The molecule has 1 heterocycles. The van der Waals surface area contributed by atoms with E-state index in [1.54, 1.807) is 50.2 Å². The largest absolute Gasteiger partial charge is 0.490 e. The zero-order valence-electron chi connectivity index (χ0n) is 24.5. The number of rotatable bonds is 13. The fourth-order valence-corrected chi connectivity index (χ4v) is 5.56. The fourth-order valence-electron chi connectivity index (χ4n) is 4.38. The smallest absolute Gasteiger partial charge is 0.337 e. The first-order valence-corrected chi connectivity index (χ1v) is 15.2. The van der Waals surface area contributed by atoms with Crippen LogP contribution in [0.3, 0.4) is 0 Å². The van der Waals surface area contributed by atoms with Gasteiger partial charge in [-0.2, -0.15) is 5.10 Å². The molecule has 4 N–H and O–H groups in total. The molecule has 2 amide bonds. The molecule has 1 aliphatic rings. The van der Waals surface area contributed by atoms with Gasteiger partial charge in [0.15, 0.2) is 23.5 Å². The van der Waals surface area contributed by atoms with E-state index in [2.05, 4.69) is 37.1 Å². The van der Waals surface area contributed by atoms with Crippen molar-refractivity contribution in [1.29, 1.82) is 0 Å². The second kappa shape index (κ2) is 15.8. The number of carbonyl (C=O) groups is 2. The lowest BCUT2D eigenvalue weighted by molar-refractivity contribution is -0.136. The van der Waals surface area contributed by atoms with Gasteiger partial charge in [-0.15, -0.1) is 0 Å². The number of hydrogen-bond donors (Lipinski definition) is 4. The van der Waals surface area contributed by atoms with E-state index in [0.29, 0.717) is 55.2 Å². The molecule has 0 saturated carbocycles. The molecular formula is C31H31BrCl2N4O7. The summed E-state index contributed by atoms with van der Waals surface area (Å²) in [6.45, 7) is 3.82. The Labute approximate surface area is 278 Å². The Morgan fingerprint density at radius 2 is 1.89 bits per heavy atom. The van der Waals surface area contributed by atoms with Crippen molar-refractivity contribution in [3.8, 4) is 17.2 Å². The molecule has 11 nitrogen and oxygen atoms in total. The van der Waals surface area contributed by atoms with Crippen molar-refractivity contribution in [2.24, 2.45) is 5.10 Å². The number of hydrogen-bond acceptors (Lipinski definition) is 9. The molecule has 0 aliphatic carbocycles. The van der Waals surface area contributed by atoms with Crippen molar-refractivity contribution in [3.05, 3.63) is 97.1 Å². The third-order valence-corrected chi connectivity index (χ3v) is 7.70. The number of benzene rings is 3. The number of esters is 1. The van der Waals surface area contributed by atoms with Crippen LogP contribution in [0.1, 0.15) is 36.6 Å². The van der Waals surface area contributed by atoms with Crippen molar-refractivity contribution in [2.45, 2.75) is 32.7 Å². The lowest BCUT2D eigenvalue weighted by atomic mass is 9.95. The maximum atomic E-state index is 12.4. The summed E-state index contributed by atoms with van der Waals surface area (Å²) in [7, 11) is 1.27. The van der Waals surface area contributed by atoms with E-state index >= 15 is 0 Å². The number of nitrogens with zero attached hydrogens (tertiary/aromatic N) is 1. The number of allylic oxidation sites excluding steroid dienone is 1. The minimum absolute atomic E-state index is 0.174. The van der Waals surface area contributed by atoms with Crippen molar-refractivity contribution < 1.29 is 33.6 Å². The van der Waals surface area contributed by atoms with Crippen LogP contribution < -0.4 is 30.3 Å². The monoisotopic (exact) mass is 720 g/mol. The molecule has 0 unspecified atom stereocenters. The van der Waals surface area contributed by atoms with Gasteiger partial charge in [-0.1, -0.05) is 47.5 Å². The number of nitrogens with one attached hydrogen (secondary N) is 3. The number of carbonyl (C=O) groups excluding carboxylic acids is 2. The summed E-state index contributed by atoms with van der Waals surface area (Å²) in [5.41, 5.74) is 5.30. The Balaban J connectivity index is 1.37. The van der Waals surface area contributed by atoms with E-state index in [1.165, 1.54) is 13.3 Å². The highest BCUT2D eigenvalue weighted by atomic mass is 79.9. The molecule has 2 atom stereocenters. The van der Waals surface area contributed by atoms with Gasteiger partial charge in [-0.3, -0.25) is 5.43 Å². The standard InChI is InChI=1S/C31H31BrCl2N4O7/c1-4-43-25-13-19(28-27(30(40)42-3)17(2)36-31(41)37-28)9-10-24(25)44-16-26(39)38-35-14-18-11-21(32)29(23(34)12-18)45-15-20-7-5-6-8-22(20)33/h5-14,26,28,38-39H,4,15-16H2,1-3H3,(H2,36,37,41)/b35-14-/t26-,28+/m0/s1. The molecule has 14 heteroatoms. The predicted molar refractivity (Wildman–Crippen MR) is 174 cm³/mol. The normalized spacial score (nSPS) is 15.3. The first-order valence-electron chi connectivity index (χ1n) is 13.7. The number of methoxy groups -OCH3 is 1. The number of aliphatic hydroxyl groups excluding tert-OH is 1. The Kier molecular flexibility index (Phi) is 11.9. The molecule has 238 valence electrons. The second-order valence-electron chi connectivity index (χ2n) is 9.61. The molecule has 0 spiro atoms. The van der Waals surface area contributed by atoms with Crippen LogP contribution in [0.5, 0.6) is 17.2 Å². The summed E-state index contributed by atoms with van der Waals surface area (Å²) in [5.74, 6) is 0.581. The molecule has 0 radical (unpaired) electrons. The number of amides is 2. The predicted octanol–water partition coefficient (Wildman–Crippen LogP) is 5.86. The summed E-state index contributed by atoms with van der Waals surface area (Å²) in [4.78, 5) is 24.6. The van der Waals surface area contributed by atoms with Crippen molar-refractivity contribution in [1.82, 2.24) is 16.1 Å². The van der Waals surface area contributed by atoms with Gasteiger partial charge in [0, 0.05) is 16.3 Å². The molecule has 1 aliphatic heterocycles. The zero-order valence-corrected chi connectivity index (χ0v) is 27.6. The highest BCUT2D eigenvalue weighted by molar-refractivity contribution is 9.10. The van der Waals surface area contributed by atoms with Gasteiger partial charge >= 0.3 is 12.0 Å². The molecule has 45 heavy (non-hydrogen) atoms. The Morgan fingerprint density at radius 1 is 1.11 bits per heavy atom. The van der Waals surface area contributed by atoms with Crippen LogP contribution in [0.15, 0.2) is 75.4 Å². The highest BCUT2D eigenvalue weighted by Crippen LogP contribution is 2.36. The van der Waals surface area contributed by atoms with Gasteiger partial charge in [0.25, 0.3) is 0 Å². The van der Waals surface area contributed by atoms with Crippen LogP contribution in [0, 0.1) is 0 Å². The van der Waals surface area contributed by atoms with E-state index in [4.69, 9.17) is 42.1 Å². The first kappa shape index (κ1) is 33.9. The summed E-state index contributed by atoms with van der Waals surface area (Å²) in [5, 5.41) is 20.8. The Morgan fingerprint density at radius 3 is 2.60 bits per heavy atom. The number of ether oxygens (including phenoxy) is 4. The molecule has 3 aromatic carbocycles. The third-order valence-electron chi connectivity index (χ3n) is 6.46. The van der Waals surface area contributed by atoms with E-state index in [9.17, 15) is 14.7 Å². The molecule has 0 aromatic heterocycles. The Hall–Kier alpha value is -3.97. The lowest BCUT2D eigenvalue weighted by Gasteiger charge is -2.28. The lowest BCUT2D eigenvalue weighted by Crippen LogP contribution is -2.45. The third kappa shape index (κ3) is 8.82. The summed E-state index contributed by atoms with van der Waals surface area (Å²) < 4.78 is 22.9. The van der Waals surface area contributed by atoms with Gasteiger partial charge in [0.05, 0.1) is 41.0 Å². The van der Waals surface area contributed by atoms with Gasteiger partial charge in [-0.25, -0.2) is 9.59 Å². The topological polar surface area (TPSA) is 140 Å². The average Bonchev–Trinajstić information content (AvgIpc) is 3.00. The number of halogens is 3. The molecule has 3 aromatic rings. The maximum absolute atomic E-state index is 12.4. The first-order chi connectivity index (χ1) is 21.6. The summed E-state index contributed by atoms with van der Waals surface area (Å²) in [6, 6.07) is 14.6. The fraction of sp³-hybridized carbons (Fsp3) is 0.258. The highest BCUT2D eigenvalue weighted by Gasteiger charge is 2.32. The summed E-state index contributed by atoms with van der Waals surface area (Å²) in [6.07, 6.45) is 0.313. The van der Waals surface area contributed by atoms with Crippen LogP contribution in [-0.4, -0.2) is 49.9 Å². The van der Waals surface area contributed by atoms with Gasteiger partial charge < -0.3 is 34.7 Å². The van der Waals surface area contributed by atoms with E-state index in [-0.39, 0.29) is 18.8 Å². The number of aliphatic hydroxyl groups is 1. The van der Waals surface area contributed by atoms with Crippen molar-refractivity contribution >= 4 is 57.3 Å². The minimum atomic E-state index is -1.17. The molecule has 0 fully saturated rings. The SMILES string of the molecule is CCOc1cc([C@H]2NC(=O)NC(C)=C2C(=O)OC)ccc1OC[C@H](O)N/N=C\c1cc(Cl)c(OCc2ccccc2Cl)c(Br)c1. The molecular weight excluding hydrogens is 691 g/mol. The van der Waals surface area contributed by atoms with E-state index < -0.39 is 24.3 Å². The summed E-state index contributed by atoms with van der Waals surface area (Å²) >= 11 is 16.1. The quantitative estimate of drug-likeness (QED) is 0.0746. The van der Waals surface area contributed by atoms with Crippen LogP contribution >= 0.6 is 39.1 Å². The van der Waals surface area contributed by atoms with Crippen molar-refractivity contribution in [2.75, 3.05) is 20.3 Å². The minimum Gasteiger partial charge on any atom is -0.490 e. The van der Waals surface area contributed by atoms with Crippen LogP contribution in [0.2, 0.25) is 10.0 Å². The second-order valence-corrected chi connectivity index (χ2v) is 11.3. The molecule has 4 rings (SSSR count). The van der Waals surface area contributed by atoms with E-state index in [1.807, 2.05) is 18.2 Å². The van der Waals surface area contributed by atoms with E-state index in [0.717, 1.165) is 5.56 Å². The maximum Gasteiger partial charge on any atom is 0.337 e. The average molecular weight is 722 g/mol. The van der Waals surface area contributed by atoms with Crippen LogP contribution in [0.4, 0.5) is 4.79 Å². The van der Waals surface area contributed by atoms with Crippen molar-refractivity contribution in [3.63, 3.8) is 0 Å². The zero-order chi connectivity index (χ0) is 32.5.